The van der Waals surface area contributed by atoms with Crippen molar-refractivity contribution >= 4 is 29.6 Å². The van der Waals surface area contributed by atoms with Crippen molar-refractivity contribution in [1.82, 2.24) is 15.5 Å². The Bertz CT molecular complexity index is 1070. The Morgan fingerprint density at radius 2 is 1.79 bits per heavy atom. The number of methoxy groups -OCH3 is 1. The summed E-state index contributed by atoms with van der Waals surface area (Å²) in [4.78, 5) is 63.7. The smallest absolute Gasteiger partial charge is 0.326 e. The molecule has 5 atom stereocenters. The molecule has 1 aliphatic heterocycles. The molecule has 14 nitrogen and oxygen atoms in total. The number of aliphatic carboxylic acids is 1. The van der Waals surface area contributed by atoms with Gasteiger partial charge in [-0.25, -0.2) is 4.79 Å². The molecule has 0 radical (unpaired) electrons. The fourth-order valence-corrected chi connectivity index (χ4v) is 5.07. The number of nitrogens with two attached hydrogens (primary N) is 3. The third-order valence-corrected chi connectivity index (χ3v) is 7.30. The van der Waals surface area contributed by atoms with Crippen molar-refractivity contribution in [2.45, 2.75) is 88.1 Å². The number of ether oxygens (including phenoxy) is 1. The van der Waals surface area contributed by atoms with Crippen LogP contribution in [0.5, 0.6) is 5.75 Å². The first-order chi connectivity index (χ1) is 20.0. The highest BCUT2D eigenvalue weighted by molar-refractivity contribution is 5.90. The number of carboxylic acids is 1. The molecule has 0 bridgehead atoms. The molecule has 0 spiro atoms. The van der Waals surface area contributed by atoms with Crippen LogP contribution in [0.2, 0.25) is 0 Å². The first-order valence-corrected chi connectivity index (χ1v) is 14.1. The summed E-state index contributed by atoms with van der Waals surface area (Å²) in [6, 6.07) is 2.55. The van der Waals surface area contributed by atoms with Gasteiger partial charge in [0.25, 0.3) is 0 Å². The lowest BCUT2D eigenvalue weighted by atomic mass is 9.93. The second-order valence-electron chi connectivity index (χ2n) is 10.5. The fourth-order valence-electron chi connectivity index (χ4n) is 5.07. The first kappa shape index (κ1) is 34.5. The summed E-state index contributed by atoms with van der Waals surface area (Å²) in [5, 5.41) is 23.9. The SMILES string of the molecule is CO[C@H]1CCCN(C(=O)[C@H](CCCCN)NC(=O)[C@@H](N)Cc2ccc(O)cc2)[C@H]1CCC(=O)N[C@@H](CC(N)=O)C(=O)O. The van der Waals surface area contributed by atoms with Crippen LogP contribution >= 0.6 is 0 Å². The molecule has 4 amide bonds. The molecule has 1 fully saturated rings. The number of phenolic OH excluding ortho intramolecular Hbond substituents is 1. The number of carboxylic acid groups (broad SMARTS) is 1. The summed E-state index contributed by atoms with van der Waals surface area (Å²) >= 11 is 0. The van der Waals surface area contributed by atoms with Crippen LogP contribution in [0.25, 0.3) is 0 Å². The van der Waals surface area contributed by atoms with E-state index in [1.807, 2.05) is 0 Å². The van der Waals surface area contributed by atoms with Crippen molar-refractivity contribution < 1.29 is 38.9 Å². The van der Waals surface area contributed by atoms with Gasteiger partial charge in [-0.05, 0) is 69.2 Å². The zero-order valence-electron chi connectivity index (χ0n) is 24.0. The number of benzene rings is 1. The highest BCUT2D eigenvalue weighted by Gasteiger charge is 2.38. The maximum atomic E-state index is 13.9. The summed E-state index contributed by atoms with van der Waals surface area (Å²) in [5.74, 6) is -3.59. The number of primary amides is 1. The normalized spacial score (nSPS) is 18.9. The van der Waals surface area contributed by atoms with Crippen LogP contribution in [0.4, 0.5) is 0 Å². The molecule has 14 heteroatoms. The molecule has 1 saturated heterocycles. The van der Waals surface area contributed by atoms with Gasteiger partial charge in [0.15, 0.2) is 0 Å². The van der Waals surface area contributed by atoms with E-state index in [0.717, 1.165) is 5.56 Å². The number of piperidine rings is 1. The van der Waals surface area contributed by atoms with E-state index in [1.165, 1.54) is 19.2 Å². The molecule has 0 aliphatic carbocycles. The highest BCUT2D eigenvalue weighted by Crippen LogP contribution is 2.25. The quantitative estimate of drug-likeness (QED) is 0.110. The van der Waals surface area contributed by atoms with Crippen LogP contribution < -0.4 is 27.8 Å². The number of phenols is 1. The van der Waals surface area contributed by atoms with Crippen LogP contribution in [-0.2, 0) is 35.1 Å². The topological polar surface area (TPSA) is 240 Å². The number of aromatic hydroxyl groups is 1. The second-order valence-corrected chi connectivity index (χ2v) is 10.5. The molecular formula is C28H44N6O8. The molecule has 1 aromatic carbocycles. The number of hydrogen-bond acceptors (Lipinski definition) is 9. The summed E-state index contributed by atoms with van der Waals surface area (Å²) in [6.45, 7) is 0.808. The number of likely N-dealkylation sites (tertiary alicyclic amines) is 1. The number of rotatable bonds is 17. The molecule has 10 N–H and O–H groups in total. The largest absolute Gasteiger partial charge is 0.508 e. The van der Waals surface area contributed by atoms with Gasteiger partial charge in [-0.15, -0.1) is 0 Å². The summed E-state index contributed by atoms with van der Waals surface area (Å²) < 4.78 is 5.64. The van der Waals surface area contributed by atoms with Crippen LogP contribution in [0.3, 0.4) is 0 Å². The summed E-state index contributed by atoms with van der Waals surface area (Å²) in [5.41, 5.74) is 17.6. The Morgan fingerprint density at radius 3 is 2.38 bits per heavy atom. The standard InChI is InChI=1S/C28H44N6O8/c1-42-23-6-4-14-34(22(23)11-12-25(37)32-21(28(40)41)16-24(31)36)27(39)20(5-2-3-13-29)33-26(38)19(30)15-17-7-9-18(35)10-8-17/h7-10,19-23,35H,2-6,11-16,29-30H2,1H3,(H2,31,36)(H,32,37)(H,33,38)(H,40,41)/t19-,20-,21-,22-,23-/m0/s1. The van der Waals surface area contributed by atoms with Gasteiger partial charge in [-0.3, -0.25) is 19.2 Å². The number of hydrogen-bond donors (Lipinski definition) is 7. The van der Waals surface area contributed by atoms with Crippen LogP contribution in [0.15, 0.2) is 24.3 Å². The number of amides is 4. The average Bonchev–Trinajstić information content (AvgIpc) is 2.95. The van der Waals surface area contributed by atoms with Gasteiger partial charge in [0.1, 0.15) is 17.8 Å². The molecular weight excluding hydrogens is 548 g/mol. The minimum atomic E-state index is -1.45. The van der Waals surface area contributed by atoms with Crippen molar-refractivity contribution in [3.63, 3.8) is 0 Å². The maximum absolute atomic E-state index is 13.9. The lowest BCUT2D eigenvalue weighted by molar-refractivity contribution is -0.145. The van der Waals surface area contributed by atoms with Crippen molar-refractivity contribution in [1.29, 1.82) is 0 Å². The van der Waals surface area contributed by atoms with Gasteiger partial charge in [0.05, 0.1) is 24.6 Å². The third kappa shape index (κ3) is 10.9. The molecule has 1 aromatic rings. The van der Waals surface area contributed by atoms with E-state index < -0.39 is 54.3 Å². The van der Waals surface area contributed by atoms with Crippen molar-refractivity contribution in [2.24, 2.45) is 17.2 Å². The van der Waals surface area contributed by atoms with E-state index in [0.29, 0.717) is 45.2 Å². The van der Waals surface area contributed by atoms with Gasteiger partial charge in [0.2, 0.25) is 23.6 Å². The monoisotopic (exact) mass is 592 g/mol. The highest BCUT2D eigenvalue weighted by atomic mass is 16.5. The van der Waals surface area contributed by atoms with E-state index in [4.69, 9.17) is 21.9 Å². The van der Waals surface area contributed by atoms with E-state index in [9.17, 15) is 34.2 Å². The molecule has 2 rings (SSSR count). The average molecular weight is 593 g/mol. The number of nitrogens with zero attached hydrogens (tertiary/aromatic N) is 1. The zero-order chi connectivity index (χ0) is 31.2. The van der Waals surface area contributed by atoms with Crippen LogP contribution in [-0.4, -0.2) is 95.2 Å². The molecule has 1 heterocycles. The van der Waals surface area contributed by atoms with Gasteiger partial charge in [-0.2, -0.15) is 0 Å². The van der Waals surface area contributed by atoms with Gasteiger partial charge < -0.3 is 47.7 Å². The number of carbonyl (C=O) groups is 5. The zero-order valence-corrected chi connectivity index (χ0v) is 24.0. The molecule has 0 aromatic heterocycles. The Kier molecular flexibility index (Phi) is 14.2. The molecule has 234 valence electrons. The van der Waals surface area contributed by atoms with Gasteiger partial charge in [-0.1, -0.05) is 12.1 Å². The lowest BCUT2D eigenvalue weighted by Gasteiger charge is -2.42. The van der Waals surface area contributed by atoms with E-state index in [2.05, 4.69) is 10.6 Å². The van der Waals surface area contributed by atoms with Gasteiger partial charge in [0, 0.05) is 20.1 Å². The lowest BCUT2D eigenvalue weighted by Crippen LogP contribution is -2.59. The second kappa shape index (κ2) is 17.3. The van der Waals surface area contributed by atoms with Crippen LogP contribution in [0.1, 0.15) is 56.9 Å². The number of unbranched alkanes of at least 4 members (excludes halogenated alkanes) is 1. The maximum Gasteiger partial charge on any atom is 0.326 e. The first-order valence-electron chi connectivity index (χ1n) is 14.1. The molecule has 0 unspecified atom stereocenters. The van der Waals surface area contributed by atoms with Crippen molar-refractivity contribution in [3.05, 3.63) is 29.8 Å². The fraction of sp³-hybridized carbons (Fsp3) is 0.607. The van der Waals surface area contributed by atoms with E-state index in [1.54, 1.807) is 17.0 Å². The molecule has 1 aliphatic rings. The number of nitrogens with one attached hydrogen (secondary N) is 2. The predicted molar refractivity (Wildman–Crippen MR) is 153 cm³/mol. The van der Waals surface area contributed by atoms with E-state index >= 15 is 0 Å². The number of carbonyl (C=O) groups excluding carboxylic acids is 4. The van der Waals surface area contributed by atoms with E-state index in [-0.39, 0.29) is 37.0 Å². The minimum absolute atomic E-state index is 0.0950. The molecule has 42 heavy (non-hydrogen) atoms. The predicted octanol–water partition coefficient (Wildman–Crippen LogP) is -0.893. The van der Waals surface area contributed by atoms with Crippen molar-refractivity contribution in [2.75, 3.05) is 20.2 Å². The summed E-state index contributed by atoms with van der Waals surface area (Å²) in [7, 11) is 1.52. The Hall–Kier alpha value is -3.75. The Morgan fingerprint density at radius 1 is 1.10 bits per heavy atom. The van der Waals surface area contributed by atoms with Crippen LogP contribution in [0, 0.1) is 0 Å². The summed E-state index contributed by atoms with van der Waals surface area (Å²) in [6.07, 6.45) is 2.19. The Labute approximate surface area is 245 Å². The third-order valence-electron chi connectivity index (χ3n) is 7.30. The minimum Gasteiger partial charge on any atom is -0.508 e. The Balaban J connectivity index is 2.15. The molecule has 0 saturated carbocycles. The van der Waals surface area contributed by atoms with Gasteiger partial charge >= 0.3 is 5.97 Å². The van der Waals surface area contributed by atoms with Crippen molar-refractivity contribution in [3.8, 4) is 5.75 Å².